The third kappa shape index (κ3) is 1.89. The Balaban J connectivity index is 2.06. The van der Waals surface area contributed by atoms with Crippen LogP contribution in [-0.4, -0.2) is 38.1 Å². The van der Waals surface area contributed by atoms with Gasteiger partial charge in [-0.3, -0.25) is 9.98 Å². The van der Waals surface area contributed by atoms with Gasteiger partial charge in [-0.1, -0.05) is 13.3 Å². The molecule has 0 aromatic rings. The summed E-state index contributed by atoms with van der Waals surface area (Å²) in [6.07, 6.45) is 2.10. The summed E-state index contributed by atoms with van der Waals surface area (Å²) in [6, 6.07) is 0. The van der Waals surface area contributed by atoms with Gasteiger partial charge in [0, 0.05) is 0 Å². The van der Waals surface area contributed by atoms with Gasteiger partial charge in [-0.2, -0.15) is 0 Å². The molecule has 2 aliphatic rings. The summed E-state index contributed by atoms with van der Waals surface area (Å²) in [4.78, 5) is 8.67. The number of hydrogen-bond acceptors (Lipinski definition) is 4. The molecule has 4 heteroatoms. The summed E-state index contributed by atoms with van der Waals surface area (Å²) in [6.45, 7) is 5.13. The molecule has 2 heterocycles. The normalized spacial score (nSPS) is 20.4. The van der Waals surface area contributed by atoms with Crippen LogP contribution >= 0.6 is 0 Å². The van der Waals surface area contributed by atoms with Gasteiger partial charge in [0.25, 0.3) is 0 Å². The summed E-state index contributed by atoms with van der Waals surface area (Å²) in [5.41, 5.74) is 0. The predicted molar refractivity (Wildman–Crippen MR) is 54.9 cm³/mol. The Morgan fingerprint density at radius 3 is 2.07 bits per heavy atom. The number of nitrogens with zero attached hydrogens (tertiary/aromatic N) is 2. The first-order valence-electron chi connectivity index (χ1n) is 5.26. The maximum absolute atomic E-state index is 5.47. The second kappa shape index (κ2) is 4.44. The summed E-state index contributed by atoms with van der Waals surface area (Å²) < 4.78 is 10.9. The van der Waals surface area contributed by atoms with E-state index >= 15 is 0 Å². The lowest BCUT2D eigenvalue weighted by atomic mass is 10.0. The van der Waals surface area contributed by atoms with Crippen LogP contribution in [0.2, 0.25) is 0 Å². The van der Waals surface area contributed by atoms with Gasteiger partial charge in [0.1, 0.15) is 19.1 Å². The second-order valence-electron chi connectivity index (χ2n) is 3.48. The molecule has 0 aliphatic carbocycles. The van der Waals surface area contributed by atoms with Crippen LogP contribution in [0.25, 0.3) is 0 Å². The number of aliphatic imine (C=N–C) groups is 2. The fourth-order valence-corrected chi connectivity index (χ4v) is 1.77. The lowest BCUT2D eigenvalue weighted by Crippen LogP contribution is -2.24. The van der Waals surface area contributed by atoms with E-state index in [2.05, 4.69) is 16.9 Å². The minimum Gasteiger partial charge on any atom is -0.478 e. The van der Waals surface area contributed by atoms with E-state index in [9.17, 15) is 0 Å². The smallest absolute Gasteiger partial charge is 0.196 e. The summed E-state index contributed by atoms with van der Waals surface area (Å²) in [7, 11) is 0. The zero-order valence-corrected chi connectivity index (χ0v) is 8.53. The molecule has 0 amide bonds. The molecule has 0 aromatic carbocycles. The van der Waals surface area contributed by atoms with Gasteiger partial charge >= 0.3 is 0 Å². The molecule has 0 radical (unpaired) electrons. The molecule has 14 heavy (non-hydrogen) atoms. The topological polar surface area (TPSA) is 43.2 Å². The molecular weight excluding hydrogens is 180 g/mol. The van der Waals surface area contributed by atoms with Gasteiger partial charge in [-0.15, -0.1) is 0 Å². The van der Waals surface area contributed by atoms with Gasteiger partial charge < -0.3 is 9.47 Å². The third-order valence-corrected chi connectivity index (χ3v) is 2.39. The fraction of sp³-hybridized carbons (Fsp3) is 0.800. The average Bonchev–Trinajstić information content (AvgIpc) is 2.87. The molecule has 0 bridgehead atoms. The maximum atomic E-state index is 5.47. The van der Waals surface area contributed by atoms with Crippen LogP contribution in [0.15, 0.2) is 9.98 Å². The van der Waals surface area contributed by atoms with Crippen LogP contribution in [0.1, 0.15) is 19.8 Å². The zero-order chi connectivity index (χ0) is 9.80. The van der Waals surface area contributed by atoms with Gasteiger partial charge in [-0.05, 0) is 6.42 Å². The third-order valence-electron chi connectivity index (χ3n) is 2.39. The van der Waals surface area contributed by atoms with E-state index in [1.165, 1.54) is 0 Å². The first-order chi connectivity index (χ1) is 6.92. The molecule has 0 saturated heterocycles. The highest BCUT2D eigenvalue weighted by Gasteiger charge is 2.28. The average molecular weight is 196 g/mol. The first kappa shape index (κ1) is 9.49. The van der Waals surface area contributed by atoms with Crippen molar-refractivity contribution in [2.45, 2.75) is 19.8 Å². The highest BCUT2D eigenvalue weighted by atomic mass is 16.5. The molecule has 78 valence electrons. The van der Waals surface area contributed by atoms with Crippen molar-refractivity contribution in [1.82, 2.24) is 0 Å². The van der Waals surface area contributed by atoms with E-state index in [1.807, 2.05) is 0 Å². The van der Waals surface area contributed by atoms with Gasteiger partial charge in [0.05, 0.1) is 13.1 Å². The molecule has 0 atom stereocenters. The minimum absolute atomic E-state index is 0.171. The first-order valence-corrected chi connectivity index (χ1v) is 5.26. The monoisotopic (exact) mass is 196 g/mol. The van der Waals surface area contributed by atoms with E-state index < -0.39 is 0 Å². The van der Waals surface area contributed by atoms with Crippen molar-refractivity contribution in [2.24, 2.45) is 15.9 Å². The zero-order valence-electron chi connectivity index (χ0n) is 8.53. The van der Waals surface area contributed by atoms with Crippen LogP contribution in [-0.2, 0) is 9.47 Å². The molecule has 0 fully saturated rings. The number of rotatable bonds is 4. The maximum Gasteiger partial charge on any atom is 0.196 e. The van der Waals surface area contributed by atoms with Crippen molar-refractivity contribution in [3.63, 3.8) is 0 Å². The standard InChI is InChI=1S/C10H16N2O2/c1-2-3-8(9-11-4-6-13-9)10-12-5-7-14-10/h8H,2-7H2,1H3. The van der Waals surface area contributed by atoms with Crippen molar-refractivity contribution in [3.05, 3.63) is 0 Å². The summed E-state index contributed by atoms with van der Waals surface area (Å²) in [5, 5.41) is 0. The molecule has 2 aliphatic heterocycles. The SMILES string of the molecule is CCCC(C1=NCCO1)C1=NCCO1. The summed E-state index contributed by atoms with van der Waals surface area (Å²) >= 11 is 0. The largest absolute Gasteiger partial charge is 0.478 e. The van der Waals surface area contributed by atoms with E-state index in [0.29, 0.717) is 13.2 Å². The van der Waals surface area contributed by atoms with Gasteiger partial charge in [0.15, 0.2) is 11.8 Å². The van der Waals surface area contributed by atoms with E-state index in [-0.39, 0.29) is 5.92 Å². The van der Waals surface area contributed by atoms with Crippen LogP contribution in [0.4, 0.5) is 0 Å². The Kier molecular flexibility index (Phi) is 3.01. The lowest BCUT2D eigenvalue weighted by Gasteiger charge is -2.14. The van der Waals surface area contributed by atoms with Crippen molar-refractivity contribution >= 4 is 11.8 Å². The van der Waals surface area contributed by atoms with E-state index in [1.54, 1.807) is 0 Å². The van der Waals surface area contributed by atoms with Crippen molar-refractivity contribution in [2.75, 3.05) is 26.3 Å². The molecule has 0 spiro atoms. The van der Waals surface area contributed by atoms with Gasteiger partial charge in [-0.25, -0.2) is 0 Å². The van der Waals surface area contributed by atoms with E-state index in [4.69, 9.17) is 9.47 Å². The van der Waals surface area contributed by atoms with E-state index in [0.717, 1.165) is 37.7 Å². The Morgan fingerprint density at radius 1 is 1.14 bits per heavy atom. The summed E-state index contributed by atoms with van der Waals surface area (Å²) in [5.74, 6) is 1.82. The molecule has 2 rings (SSSR count). The lowest BCUT2D eigenvalue weighted by molar-refractivity contribution is 0.302. The van der Waals surface area contributed by atoms with Crippen molar-refractivity contribution < 1.29 is 9.47 Å². The van der Waals surface area contributed by atoms with Crippen LogP contribution in [0.5, 0.6) is 0 Å². The van der Waals surface area contributed by atoms with Gasteiger partial charge in [0.2, 0.25) is 0 Å². The van der Waals surface area contributed by atoms with Crippen molar-refractivity contribution in [3.8, 4) is 0 Å². The highest BCUT2D eigenvalue weighted by molar-refractivity contribution is 6.01. The molecule has 4 nitrogen and oxygen atoms in total. The molecule has 0 unspecified atom stereocenters. The number of ether oxygens (including phenoxy) is 2. The minimum atomic E-state index is 0.171. The van der Waals surface area contributed by atoms with Crippen LogP contribution in [0, 0.1) is 5.92 Å². The molecule has 0 N–H and O–H groups in total. The Morgan fingerprint density at radius 2 is 1.71 bits per heavy atom. The molecule has 0 aromatic heterocycles. The molecular formula is C10H16N2O2. The molecule has 0 saturated carbocycles. The number of hydrogen-bond donors (Lipinski definition) is 0. The highest BCUT2D eigenvalue weighted by Crippen LogP contribution is 2.18. The quantitative estimate of drug-likeness (QED) is 0.679. The Hall–Kier alpha value is -1.06. The Labute approximate surface area is 84.0 Å². The van der Waals surface area contributed by atoms with Crippen LogP contribution < -0.4 is 0 Å². The Bertz CT molecular complexity index is 237. The van der Waals surface area contributed by atoms with Crippen LogP contribution in [0.3, 0.4) is 0 Å². The fourth-order valence-electron chi connectivity index (χ4n) is 1.77. The van der Waals surface area contributed by atoms with Crippen molar-refractivity contribution in [1.29, 1.82) is 0 Å². The predicted octanol–water partition coefficient (Wildman–Crippen LogP) is 1.26. The second-order valence-corrected chi connectivity index (χ2v) is 3.48.